The molecule has 1 saturated heterocycles. The number of thiophene rings is 1. The van der Waals surface area contributed by atoms with Crippen LogP contribution in [0.4, 0.5) is 5.69 Å². The van der Waals surface area contributed by atoms with Crippen LogP contribution in [0.3, 0.4) is 0 Å². The van der Waals surface area contributed by atoms with Gasteiger partial charge in [0.15, 0.2) is 0 Å². The first-order valence-corrected chi connectivity index (χ1v) is 13.5. The van der Waals surface area contributed by atoms with Gasteiger partial charge in [0.1, 0.15) is 16.3 Å². The summed E-state index contributed by atoms with van der Waals surface area (Å²) < 4.78 is 33.2. The average molecular weight is 519 g/mol. The Hall–Kier alpha value is -3.09. The summed E-state index contributed by atoms with van der Waals surface area (Å²) in [5, 5.41) is 2.95. The van der Waals surface area contributed by atoms with Crippen molar-refractivity contribution in [3.05, 3.63) is 51.4 Å². The van der Waals surface area contributed by atoms with Gasteiger partial charge in [0.2, 0.25) is 15.9 Å². The molecule has 0 atom stereocenters. The predicted octanol–water partition coefficient (Wildman–Crippen LogP) is 2.76. The molecule has 1 aliphatic heterocycles. The highest BCUT2D eigenvalue weighted by Crippen LogP contribution is 2.27. The summed E-state index contributed by atoms with van der Waals surface area (Å²) in [6, 6.07) is 5.97. The van der Waals surface area contributed by atoms with E-state index in [9.17, 15) is 22.8 Å². The van der Waals surface area contributed by atoms with E-state index < -0.39 is 27.5 Å². The fourth-order valence-electron chi connectivity index (χ4n) is 3.98. The van der Waals surface area contributed by atoms with Gasteiger partial charge in [-0.15, -0.1) is 11.3 Å². The number of anilines is 1. The molecule has 4 rings (SSSR count). The fourth-order valence-corrected chi connectivity index (χ4v) is 6.53. The number of piperidine rings is 1. The number of sulfonamides is 1. The molecule has 0 saturated carbocycles. The minimum atomic E-state index is -3.56. The quantitative estimate of drug-likeness (QED) is 0.476. The van der Waals surface area contributed by atoms with Gasteiger partial charge in [0.05, 0.1) is 23.2 Å². The highest BCUT2D eigenvalue weighted by atomic mass is 32.2. The number of rotatable bonds is 7. The molecule has 1 aliphatic rings. The van der Waals surface area contributed by atoms with Crippen molar-refractivity contribution in [2.24, 2.45) is 0 Å². The van der Waals surface area contributed by atoms with E-state index in [0.29, 0.717) is 34.0 Å². The molecule has 0 radical (unpaired) electrons. The van der Waals surface area contributed by atoms with Crippen LogP contribution >= 0.6 is 11.3 Å². The number of esters is 1. The zero-order valence-electron chi connectivity index (χ0n) is 19.4. The van der Waals surface area contributed by atoms with Crippen molar-refractivity contribution in [2.75, 3.05) is 25.0 Å². The van der Waals surface area contributed by atoms with Gasteiger partial charge in [-0.25, -0.2) is 18.2 Å². The molecule has 2 aromatic heterocycles. The summed E-state index contributed by atoms with van der Waals surface area (Å²) in [6.45, 7) is 4.30. The largest absolute Gasteiger partial charge is 0.462 e. The van der Waals surface area contributed by atoms with Crippen LogP contribution in [-0.2, 0) is 26.1 Å². The summed E-state index contributed by atoms with van der Waals surface area (Å²) in [6.07, 6.45) is 4.00. The monoisotopic (exact) mass is 518 g/mol. The number of hydrogen-bond acceptors (Lipinski definition) is 8. The molecular weight excluding hydrogens is 492 g/mol. The molecule has 1 aromatic carbocycles. The number of nitrogens with one attached hydrogen (secondary N) is 1. The van der Waals surface area contributed by atoms with Crippen LogP contribution in [-0.4, -0.2) is 53.8 Å². The van der Waals surface area contributed by atoms with Gasteiger partial charge in [-0.2, -0.15) is 4.31 Å². The van der Waals surface area contributed by atoms with E-state index in [2.05, 4.69) is 10.3 Å². The van der Waals surface area contributed by atoms with Crippen molar-refractivity contribution in [3.63, 3.8) is 0 Å². The number of nitrogens with zero attached hydrogens (tertiary/aromatic N) is 3. The minimum absolute atomic E-state index is 0.175. The number of fused-ring (bicyclic) bond motifs is 1. The molecule has 3 heterocycles. The molecule has 10 nitrogen and oxygen atoms in total. The van der Waals surface area contributed by atoms with E-state index >= 15 is 0 Å². The summed E-state index contributed by atoms with van der Waals surface area (Å²) >= 11 is 1.08. The zero-order valence-corrected chi connectivity index (χ0v) is 21.1. The van der Waals surface area contributed by atoms with Crippen LogP contribution < -0.4 is 10.9 Å². The van der Waals surface area contributed by atoms with Gasteiger partial charge >= 0.3 is 5.97 Å². The summed E-state index contributed by atoms with van der Waals surface area (Å²) in [5.41, 5.74) is 0.449. The van der Waals surface area contributed by atoms with E-state index in [4.69, 9.17) is 4.74 Å². The summed E-state index contributed by atoms with van der Waals surface area (Å²) in [5.74, 6) is -0.985. The highest BCUT2D eigenvalue weighted by Gasteiger charge is 2.26. The topological polar surface area (TPSA) is 128 Å². The van der Waals surface area contributed by atoms with Crippen LogP contribution in [0.5, 0.6) is 0 Å². The molecule has 0 aliphatic carbocycles. The third-order valence-corrected chi connectivity index (χ3v) is 8.88. The van der Waals surface area contributed by atoms with Crippen molar-refractivity contribution >= 4 is 49.1 Å². The Balaban J connectivity index is 1.48. The Kier molecular flexibility index (Phi) is 7.33. The third-order valence-electron chi connectivity index (χ3n) is 5.78. The molecule has 12 heteroatoms. The van der Waals surface area contributed by atoms with E-state index in [1.54, 1.807) is 13.8 Å². The number of carbonyl (C=O) groups excluding carboxylic acids is 2. The molecule has 1 N–H and O–H groups in total. The van der Waals surface area contributed by atoms with Gasteiger partial charge in [0, 0.05) is 18.8 Å². The summed E-state index contributed by atoms with van der Waals surface area (Å²) in [4.78, 5) is 42.8. The van der Waals surface area contributed by atoms with Crippen LogP contribution in [0, 0.1) is 6.92 Å². The first-order valence-electron chi connectivity index (χ1n) is 11.3. The van der Waals surface area contributed by atoms with Crippen molar-refractivity contribution in [1.29, 1.82) is 0 Å². The zero-order chi connectivity index (χ0) is 25.2. The van der Waals surface area contributed by atoms with Crippen LogP contribution in [0.2, 0.25) is 0 Å². The lowest BCUT2D eigenvalue weighted by Crippen LogP contribution is -2.35. The van der Waals surface area contributed by atoms with Crippen LogP contribution in [0.1, 0.15) is 41.4 Å². The van der Waals surface area contributed by atoms with Crippen molar-refractivity contribution in [1.82, 2.24) is 13.9 Å². The van der Waals surface area contributed by atoms with Gasteiger partial charge < -0.3 is 10.1 Å². The second-order valence-electron chi connectivity index (χ2n) is 8.17. The van der Waals surface area contributed by atoms with Gasteiger partial charge in [-0.3, -0.25) is 14.2 Å². The summed E-state index contributed by atoms with van der Waals surface area (Å²) in [7, 11) is -3.56. The second-order valence-corrected chi connectivity index (χ2v) is 11.1. The molecule has 0 bridgehead atoms. The Morgan fingerprint density at radius 2 is 1.83 bits per heavy atom. The second kappa shape index (κ2) is 10.3. The van der Waals surface area contributed by atoms with E-state index in [1.807, 2.05) is 0 Å². The molecule has 1 amide bonds. The molecular formula is C23H26N4O6S2. The smallest absolute Gasteiger partial charge is 0.348 e. The molecule has 0 spiro atoms. The lowest BCUT2D eigenvalue weighted by Gasteiger charge is -2.25. The number of amides is 1. The fraction of sp³-hybridized carbons (Fsp3) is 0.391. The van der Waals surface area contributed by atoms with Gasteiger partial charge in [0.25, 0.3) is 5.56 Å². The number of ether oxygens (including phenoxy) is 1. The SMILES string of the molecule is CCOC(=O)c1sc2ncn(CC(=O)Nc3ccc(S(=O)(=O)N4CCCCC4)cc3)c(=O)c2c1C. The third kappa shape index (κ3) is 5.14. The Labute approximate surface area is 206 Å². The maximum absolute atomic E-state index is 13.0. The number of aromatic nitrogens is 2. The lowest BCUT2D eigenvalue weighted by molar-refractivity contribution is -0.116. The van der Waals surface area contributed by atoms with Crippen molar-refractivity contribution in [3.8, 4) is 0 Å². The number of hydrogen-bond donors (Lipinski definition) is 1. The minimum Gasteiger partial charge on any atom is -0.462 e. The maximum Gasteiger partial charge on any atom is 0.348 e. The van der Waals surface area contributed by atoms with Crippen molar-refractivity contribution < 1.29 is 22.7 Å². The van der Waals surface area contributed by atoms with Gasteiger partial charge in [-0.1, -0.05) is 6.42 Å². The van der Waals surface area contributed by atoms with E-state index in [1.165, 1.54) is 39.5 Å². The molecule has 186 valence electrons. The molecule has 1 fully saturated rings. The number of aryl methyl sites for hydroxylation is 1. The Bertz CT molecular complexity index is 1420. The molecule has 0 unspecified atom stereocenters. The highest BCUT2D eigenvalue weighted by molar-refractivity contribution is 7.89. The lowest BCUT2D eigenvalue weighted by atomic mass is 10.2. The van der Waals surface area contributed by atoms with Crippen molar-refractivity contribution in [2.45, 2.75) is 44.6 Å². The maximum atomic E-state index is 13.0. The molecule has 3 aromatic rings. The van der Waals surface area contributed by atoms with Crippen LogP contribution in [0.15, 0.2) is 40.3 Å². The first-order chi connectivity index (χ1) is 16.7. The number of benzene rings is 1. The normalized spacial score (nSPS) is 14.7. The standard InChI is InChI=1S/C23H26N4O6S2/c1-3-33-23(30)20-15(2)19-21(34-20)24-14-26(22(19)29)13-18(28)25-16-7-9-17(10-8-16)35(31,32)27-11-5-4-6-12-27/h7-10,14H,3-6,11-13H2,1-2H3,(H,25,28). The van der Waals surface area contributed by atoms with Crippen LogP contribution in [0.25, 0.3) is 10.2 Å². The predicted molar refractivity (Wildman–Crippen MR) is 132 cm³/mol. The Morgan fingerprint density at radius 1 is 1.14 bits per heavy atom. The first kappa shape index (κ1) is 25.0. The van der Waals surface area contributed by atoms with Gasteiger partial charge in [-0.05, 0) is 56.5 Å². The Morgan fingerprint density at radius 3 is 2.49 bits per heavy atom. The average Bonchev–Trinajstić information content (AvgIpc) is 3.19. The van der Waals surface area contributed by atoms with E-state index in [-0.39, 0.29) is 23.4 Å². The van der Waals surface area contributed by atoms with E-state index in [0.717, 1.165) is 30.6 Å². The molecule has 35 heavy (non-hydrogen) atoms. The number of carbonyl (C=O) groups is 2.